The molecule has 1 aliphatic heterocycles. The molecule has 2 rings (SSSR count). The molecule has 2 N–H and O–H groups in total. The molecule has 1 saturated heterocycles. The molecule has 25 heavy (non-hydrogen) atoms. The first-order valence-corrected chi connectivity index (χ1v) is 8.51. The van der Waals surface area contributed by atoms with E-state index >= 15 is 0 Å². The van der Waals surface area contributed by atoms with Crippen LogP contribution in [-0.4, -0.2) is 53.8 Å². The van der Waals surface area contributed by atoms with Crippen LogP contribution in [0.15, 0.2) is 24.3 Å². The van der Waals surface area contributed by atoms with Crippen molar-refractivity contribution in [2.45, 2.75) is 44.8 Å². The summed E-state index contributed by atoms with van der Waals surface area (Å²) in [5, 5.41) is 12.1. The SMILES string of the molecule is CCCC(C)(Oc1ccc(OCCC2CNC(=O)N2C)cc1)C(=O)O. The zero-order valence-electron chi connectivity index (χ0n) is 14.9. The van der Waals surface area contributed by atoms with Gasteiger partial charge >= 0.3 is 12.0 Å². The number of amides is 2. The molecule has 7 nitrogen and oxygen atoms in total. The number of likely N-dealkylation sites (N-methyl/N-ethyl adjacent to an activating group) is 1. The molecule has 7 heteroatoms. The summed E-state index contributed by atoms with van der Waals surface area (Å²) in [6.45, 7) is 4.63. The zero-order chi connectivity index (χ0) is 18.4. The third-order valence-electron chi connectivity index (χ3n) is 4.42. The van der Waals surface area contributed by atoms with E-state index in [2.05, 4.69) is 5.32 Å². The Hall–Kier alpha value is -2.44. The van der Waals surface area contributed by atoms with E-state index in [1.165, 1.54) is 0 Å². The van der Waals surface area contributed by atoms with E-state index < -0.39 is 11.6 Å². The number of carboxylic acids is 1. The lowest BCUT2D eigenvalue weighted by Crippen LogP contribution is -2.41. The summed E-state index contributed by atoms with van der Waals surface area (Å²) in [4.78, 5) is 24.5. The molecule has 0 saturated carbocycles. The van der Waals surface area contributed by atoms with E-state index in [9.17, 15) is 14.7 Å². The van der Waals surface area contributed by atoms with Gasteiger partial charge in [-0.2, -0.15) is 0 Å². The molecule has 138 valence electrons. The molecular weight excluding hydrogens is 324 g/mol. The molecule has 0 aliphatic carbocycles. The molecule has 1 aromatic carbocycles. The highest BCUT2D eigenvalue weighted by Crippen LogP contribution is 2.25. The summed E-state index contributed by atoms with van der Waals surface area (Å²) in [5.41, 5.74) is -1.23. The van der Waals surface area contributed by atoms with Crippen LogP contribution < -0.4 is 14.8 Å². The van der Waals surface area contributed by atoms with Gasteiger partial charge in [0.2, 0.25) is 5.60 Å². The van der Waals surface area contributed by atoms with Crippen molar-refractivity contribution < 1.29 is 24.2 Å². The average Bonchev–Trinajstić information content (AvgIpc) is 2.89. The topological polar surface area (TPSA) is 88.1 Å². The first-order valence-electron chi connectivity index (χ1n) is 8.51. The predicted octanol–water partition coefficient (Wildman–Crippen LogP) is 2.50. The van der Waals surface area contributed by atoms with Crippen LogP contribution in [0.3, 0.4) is 0 Å². The maximum atomic E-state index is 11.4. The monoisotopic (exact) mass is 350 g/mol. The summed E-state index contributed by atoms with van der Waals surface area (Å²) in [6.07, 6.45) is 1.89. The van der Waals surface area contributed by atoms with E-state index in [0.29, 0.717) is 31.1 Å². The van der Waals surface area contributed by atoms with Crippen molar-refractivity contribution in [3.8, 4) is 11.5 Å². The van der Waals surface area contributed by atoms with Crippen molar-refractivity contribution in [3.63, 3.8) is 0 Å². The minimum Gasteiger partial charge on any atom is -0.494 e. The molecule has 0 spiro atoms. The maximum Gasteiger partial charge on any atom is 0.347 e. The third kappa shape index (κ3) is 4.78. The Morgan fingerprint density at radius 3 is 2.52 bits per heavy atom. The van der Waals surface area contributed by atoms with Crippen molar-refractivity contribution in [1.82, 2.24) is 10.2 Å². The molecular formula is C18H26N2O5. The van der Waals surface area contributed by atoms with Gasteiger partial charge < -0.3 is 24.8 Å². The Morgan fingerprint density at radius 1 is 1.36 bits per heavy atom. The van der Waals surface area contributed by atoms with Gasteiger partial charge in [-0.1, -0.05) is 13.3 Å². The number of nitrogens with one attached hydrogen (secondary N) is 1. The highest BCUT2D eigenvalue weighted by Gasteiger charge is 2.34. The van der Waals surface area contributed by atoms with E-state index in [1.807, 2.05) is 6.92 Å². The number of benzene rings is 1. The van der Waals surface area contributed by atoms with Gasteiger partial charge in [0.1, 0.15) is 11.5 Å². The van der Waals surface area contributed by atoms with Crippen molar-refractivity contribution >= 4 is 12.0 Å². The summed E-state index contributed by atoms with van der Waals surface area (Å²) in [5.74, 6) is 0.203. The molecule has 1 heterocycles. The lowest BCUT2D eigenvalue weighted by Gasteiger charge is -2.26. The van der Waals surface area contributed by atoms with Crippen LogP contribution >= 0.6 is 0 Å². The van der Waals surface area contributed by atoms with Crippen LogP contribution in [0.1, 0.15) is 33.1 Å². The first-order chi connectivity index (χ1) is 11.9. The minimum atomic E-state index is -1.23. The summed E-state index contributed by atoms with van der Waals surface area (Å²) < 4.78 is 11.4. The normalized spacial score (nSPS) is 19.2. The van der Waals surface area contributed by atoms with Gasteiger partial charge in [0.05, 0.1) is 12.6 Å². The largest absolute Gasteiger partial charge is 0.494 e. The van der Waals surface area contributed by atoms with Crippen LogP contribution in [-0.2, 0) is 4.79 Å². The smallest absolute Gasteiger partial charge is 0.347 e. The number of hydrogen-bond acceptors (Lipinski definition) is 4. The Labute approximate surface area is 147 Å². The number of hydrogen-bond donors (Lipinski definition) is 2. The number of rotatable bonds is 9. The van der Waals surface area contributed by atoms with E-state index in [1.54, 1.807) is 43.1 Å². The lowest BCUT2D eigenvalue weighted by atomic mass is 10.0. The van der Waals surface area contributed by atoms with E-state index in [-0.39, 0.29) is 12.1 Å². The molecule has 2 atom stereocenters. The maximum absolute atomic E-state index is 11.4. The van der Waals surface area contributed by atoms with Gasteiger partial charge in [-0.05, 0) is 37.6 Å². The Bertz CT molecular complexity index is 604. The fraction of sp³-hybridized carbons (Fsp3) is 0.556. The third-order valence-corrected chi connectivity index (χ3v) is 4.42. The van der Waals surface area contributed by atoms with Crippen LogP contribution in [0, 0.1) is 0 Å². The number of aliphatic carboxylic acids is 1. The summed E-state index contributed by atoms with van der Waals surface area (Å²) >= 11 is 0. The van der Waals surface area contributed by atoms with Crippen LogP contribution in [0.5, 0.6) is 11.5 Å². The molecule has 0 radical (unpaired) electrons. The van der Waals surface area contributed by atoms with Gasteiger partial charge in [-0.3, -0.25) is 0 Å². The number of nitrogens with zero attached hydrogens (tertiary/aromatic N) is 1. The number of carboxylic acid groups (broad SMARTS) is 1. The van der Waals surface area contributed by atoms with E-state index in [0.717, 1.165) is 12.8 Å². The Kier molecular flexibility index (Phi) is 6.12. The summed E-state index contributed by atoms with van der Waals surface area (Å²) in [6, 6.07) is 7.01. The molecule has 2 unspecified atom stereocenters. The second-order valence-corrected chi connectivity index (χ2v) is 6.45. The molecule has 1 aliphatic rings. The Balaban J connectivity index is 1.85. The number of urea groups is 1. The number of carbonyl (C=O) groups excluding carboxylic acids is 1. The molecule has 1 aromatic rings. The molecule has 0 bridgehead atoms. The van der Waals surface area contributed by atoms with Gasteiger partial charge in [0, 0.05) is 20.0 Å². The number of carbonyl (C=O) groups is 2. The lowest BCUT2D eigenvalue weighted by molar-refractivity contribution is -0.154. The second-order valence-electron chi connectivity index (χ2n) is 6.45. The van der Waals surface area contributed by atoms with Crippen molar-refractivity contribution in [2.75, 3.05) is 20.2 Å². The Morgan fingerprint density at radius 2 is 2.00 bits per heavy atom. The number of ether oxygens (including phenoxy) is 2. The fourth-order valence-electron chi connectivity index (χ4n) is 2.78. The molecule has 0 aromatic heterocycles. The molecule has 1 fully saturated rings. The first kappa shape index (κ1) is 18.9. The van der Waals surface area contributed by atoms with Crippen molar-refractivity contribution in [2.24, 2.45) is 0 Å². The summed E-state index contributed by atoms with van der Waals surface area (Å²) in [7, 11) is 1.77. The zero-order valence-corrected chi connectivity index (χ0v) is 14.9. The van der Waals surface area contributed by atoms with Crippen LogP contribution in [0.2, 0.25) is 0 Å². The van der Waals surface area contributed by atoms with E-state index in [4.69, 9.17) is 9.47 Å². The predicted molar refractivity (Wildman–Crippen MR) is 93.1 cm³/mol. The fourth-order valence-corrected chi connectivity index (χ4v) is 2.78. The van der Waals surface area contributed by atoms with Gasteiger partial charge in [-0.15, -0.1) is 0 Å². The average molecular weight is 350 g/mol. The second kappa shape index (κ2) is 8.09. The van der Waals surface area contributed by atoms with Crippen LogP contribution in [0.25, 0.3) is 0 Å². The van der Waals surface area contributed by atoms with Gasteiger partial charge in [-0.25, -0.2) is 9.59 Å². The minimum absolute atomic E-state index is 0.0555. The van der Waals surface area contributed by atoms with Crippen molar-refractivity contribution in [3.05, 3.63) is 24.3 Å². The van der Waals surface area contributed by atoms with Crippen molar-refractivity contribution in [1.29, 1.82) is 0 Å². The van der Waals surface area contributed by atoms with Gasteiger partial charge in [0.15, 0.2) is 0 Å². The standard InChI is InChI=1S/C18H26N2O5/c1-4-10-18(2,16(21)22)25-15-7-5-14(6-8-15)24-11-9-13-12-19-17(23)20(13)3/h5-8,13H,4,9-12H2,1-3H3,(H,19,23)(H,21,22). The molecule has 2 amide bonds. The highest BCUT2D eigenvalue weighted by molar-refractivity contribution is 5.77. The quantitative estimate of drug-likeness (QED) is 0.714. The van der Waals surface area contributed by atoms with Crippen LogP contribution in [0.4, 0.5) is 4.79 Å². The highest BCUT2D eigenvalue weighted by atomic mass is 16.5. The van der Waals surface area contributed by atoms with Gasteiger partial charge in [0.25, 0.3) is 0 Å².